The first-order valence-corrected chi connectivity index (χ1v) is 8.40. The number of rotatable bonds is 5. The summed E-state index contributed by atoms with van der Waals surface area (Å²) in [6.07, 6.45) is 3.61. The van der Waals surface area contributed by atoms with Crippen LogP contribution in [0, 0.1) is 6.92 Å². The molecule has 2 heterocycles. The van der Waals surface area contributed by atoms with Crippen LogP contribution in [0.15, 0.2) is 5.38 Å². The third kappa shape index (κ3) is 3.36. The number of thiazole rings is 1. The fourth-order valence-electron chi connectivity index (χ4n) is 3.04. The second kappa shape index (κ2) is 6.33. The molecule has 19 heavy (non-hydrogen) atoms. The first-order chi connectivity index (χ1) is 9.12. The minimum absolute atomic E-state index is 0.302. The summed E-state index contributed by atoms with van der Waals surface area (Å²) in [7, 11) is 0. The molecular weight excluding hydrogens is 254 g/mol. The Balaban J connectivity index is 2.09. The summed E-state index contributed by atoms with van der Waals surface area (Å²) >= 11 is 1.76. The molecule has 0 aliphatic carbocycles. The predicted octanol–water partition coefficient (Wildman–Crippen LogP) is 3.19. The first-order valence-electron chi connectivity index (χ1n) is 7.52. The summed E-state index contributed by atoms with van der Waals surface area (Å²) in [5.74, 6) is 0. The lowest BCUT2D eigenvalue weighted by Crippen LogP contribution is -2.63. The summed E-state index contributed by atoms with van der Waals surface area (Å²) in [6.45, 7) is 12.2. The predicted molar refractivity (Wildman–Crippen MR) is 82.7 cm³/mol. The van der Waals surface area contributed by atoms with Gasteiger partial charge in [-0.15, -0.1) is 11.3 Å². The summed E-state index contributed by atoms with van der Waals surface area (Å²) in [5.41, 5.74) is 1.54. The van der Waals surface area contributed by atoms with Gasteiger partial charge in [-0.1, -0.05) is 20.8 Å². The van der Waals surface area contributed by atoms with E-state index >= 15 is 0 Å². The van der Waals surface area contributed by atoms with Crippen molar-refractivity contribution in [3.05, 3.63) is 16.1 Å². The largest absolute Gasteiger partial charge is 0.308 e. The molecule has 1 atom stereocenters. The van der Waals surface area contributed by atoms with E-state index in [4.69, 9.17) is 0 Å². The van der Waals surface area contributed by atoms with E-state index in [9.17, 15) is 0 Å². The van der Waals surface area contributed by atoms with Crippen LogP contribution in [0.2, 0.25) is 0 Å². The summed E-state index contributed by atoms with van der Waals surface area (Å²) in [6, 6.07) is 0.647. The Morgan fingerprint density at radius 2 is 2.16 bits per heavy atom. The average molecular weight is 281 g/mol. The average Bonchev–Trinajstić information content (AvgIpc) is 2.84. The van der Waals surface area contributed by atoms with Crippen LogP contribution in [0.3, 0.4) is 0 Å². The lowest BCUT2D eigenvalue weighted by molar-refractivity contribution is 0.0635. The molecule has 4 heteroatoms. The van der Waals surface area contributed by atoms with Gasteiger partial charge in [0.15, 0.2) is 0 Å². The Morgan fingerprint density at radius 3 is 2.68 bits per heavy atom. The molecule has 0 saturated carbocycles. The molecule has 1 aromatic heterocycles. The number of aryl methyl sites for hydroxylation is 1. The molecule has 0 bridgehead atoms. The van der Waals surface area contributed by atoms with Gasteiger partial charge < -0.3 is 5.32 Å². The molecule has 1 aliphatic heterocycles. The zero-order valence-electron chi connectivity index (χ0n) is 12.7. The summed E-state index contributed by atoms with van der Waals surface area (Å²) < 4.78 is 0. The molecular formula is C15H27N3S. The van der Waals surface area contributed by atoms with Crippen LogP contribution in [-0.4, -0.2) is 34.6 Å². The highest BCUT2D eigenvalue weighted by molar-refractivity contribution is 7.09. The zero-order chi connectivity index (χ0) is 13.9. The number of hydrogen-bond acceptors (Lipinski definition) is 4. The van der Waals surface area contributed by atoms with Gasteiger partial charge in [-0.2, -0.15) is 0 Å². The van der Waals surface area contributed by atoms with Gasteiger partial charge in [-0.25, -0.2) is 4.98 Å². The molecule has 2 rings (SSSR count). The van der Waals surface area contributed by atoms with Gasteiger partial charge in [-0.05, 0) is 26.2 Å². The second-order valence-electron chi connectivity index (χ2n) is 5.69. The molecule has 0 spiro atoms. The van der Waals surface area contributed by atoms with Crippen LogP contribution in [0.1, 0.15) is 50.7 Å². The topological polar surface area (TPSA) is 28.2 Å². The number of aromatic nitrogens is 1. The monoisotopic (exact) mass is 281 g/mol. The number of hydrogen-bond donors (Lipinski definition) is 1. The SMILES string of the molecule is CCC1CNC(CC)(CC)CN1Cc1csc(C)n1. The quantitative estimate of drug-likeness (QED) is 0.898. The molecule has 1 unspecified atom stereocenters. The maximum Gasteiger partial charge on any atom is 0.0897 e. The van der Waals surface area contributed by atoms with Crippen molar-refractivity contribution in [1.82, 2.24) is 15.2 Å². The van der Waals surface area contributed by atoms with Crippen molar-refractivity contribution in [2.75, 3.05) is 13.1 Å². The molecule has 0 radical (unpaired) electrons. The molecule has 1 N–H and O–H groups in total. The minimum Gasteiger partial charge on any atom is -0.308 e. The van der Waals surface area contributed by atoms with Crippen LogP contribution in [-0.2, 0) is 6.54 Å². The van der Waals surface area contributed by atoms with Crippen LogP contribution >= 0.6 is 11.3 Å². The summed E-state index contributed by atoms with van der Waals surface area (Å²) in [5, 5.41) is 7.18. The van der Waals surface area contributed by atoms with E-state index in [2.05, 4.69) is 48.3 Å². The maximum atomic E-state index is 4.63. The molecule has 0 aromatic carbocycles. The van der Waals surface area contributed by atoms with Gasteiger partial charge in [0.25, 0.3) is 0 Å². The lowest BCUT2D eigenvalue weighted by atomic mass is 9.88. The standard InChI is InChI=1S/C15H27N3S/c1-5-14-8-16-15(6-2,7-3)11-18(14)9-13-10-19-12(4)17-13/h10,14,16H,5-9,11H2,1-4H3. The molecule has 1 aliphatic rings. The van der Waals surface area contributed by atoms with Crippen molar-refractivity contribution >= 4 is 11.3 Å². The Labute approximate surface area is 121 Å². The van der Waals surface area contributed by atoms with Crippen molar-refractivity contribution in [3.63, 3.8) is 0 Å². The van der Waals surface area contributed by atoms with Gasteiger partial charge in [0.2, 0.25) is 0 Å². The first kappa shape index (κ1) is 14.9. The molecule has 1 aromatic rings. The number of nitrogens with zero attached hydrogens (tertiary/aromatic N) is 2. The van der Waals surface area contributed by atoms with Crippen molar-refractivity contribution in [2.24, 2.45) is 0 Å². The maximum absolute atomic E-state index is 4.63. The van der Waals surface area contributed by atoms with E-state index in [0.29, 0.717) is 11.6 Å². The minimum atomic E-state index is 0.302. The van der Waals surface area contributed by atoms with Crippen LogP contribution in [0.5, 0.6) is 0 Å². The molecule has 1 fully saturated rings. The Kier molecular flexibility index (Phi) is 4.98. The fraction of sp³-hybridized carbons (Fsp3) is 0.800. The van der Waals surface area contributed by atoms with Crippen LogP contribution < -0.4 is 5.32 Å². The zero-order valence-corrected chi connectivity index (χ0v) is 13.5. The van der Waals surface area contributed by atoms with E-state index in [0.717, 1.165) is 19.6 Å². The molecule has 108 valence electrons. The van der Waals surface area contributed by atoms with Gasteiger partial charge in [0, 0.05) is 36.6 Å². The van der Waals surface area contributed by atoms with E-state index in [1.165, 1.54) is 30.0 Å². The van der Waals surface area contributed by atoms with Gasteiger partial charge in [0.1, 0.15) is 0 Å². The van der Waals surface area contributed by atoms with Crippen molar-refractivity contribution in [3.8, 4) is 0 Å². The Hall–Kier alpha value is -0.450. The van der Waals surface area contributed by atoms with Crippen molar-refractivity contribution < 1.29 is 0 Å². The molecule has 3 nitrogen and oxygen atoms in total. The highest BCUT2D eigenvalue weighted by Crippen LogP contribution is 2.25. The van der Waals surface area contributed by atoms with Crippen LogP contribution in [0.25, 0.3) is 0 Å². The Bertz CT molecular complexity index is 398. The van der Waals surface area contributed by atoms with Crippen molar-refractivity contribution in [2.45, 2.75) is 65.1 Å². The smallest absolute Gasteiger partial charge is 0.0897 e. The van der Waals surface area contributed by atoms with E-state index < -0.39 is 0 Å². The van der Waals surface area contributed by atoms with Crippen LogP contribution in [0.4, 0.5) is 0 Å². The second-order valence-corrected chi connectivity index (χ2v) is 6.76. The number of nitrogens with one attached hydrogen (secondary N) is 1. The Morgan fingerprint density at radius 1 is 1.42 bits per heavy atom. The molecule has 0 amide bonds. The third-order valence-electron chi connectivity index (χ3n) is 4.59. The number of piperazine rings is 1. The third-order valence-corrected chi connectivity index (χ3v) is 5.41. The van der Waals surface area contributed by atoms with Gasteiger partial charge >= 0.3 is 0 Å². The molecule has 1 saturated heterocycles. The van der Waals surface area contributed by atoms with Crippen molar-refractivity contribution in [1.29, 1.82) is 0 Å². The van der Waals surface area contributed by atoms with E-state index in [-0.39, 0.29) is 0 Å². The van der Waals surface area contributed by atoms with E-state index in [1.54, 1.807) is 11.3 Å². The van der Waals surface area contributed by atoms with E-state index in [1.807, 2.05) is 0 Å². The lowest BCUT2D eigenvalue weighted by Gasteiger charge is -2.47. The fourth-order valence-corrected chi connectivity index (χ4v) is 3.64. The highest BCUT2D eigenvalue weighted by atomic mass is 32.1. The van der Waals surface area contributed by atoms with Gasteiger partial charge in [0.05, 0.1) is 10.7 Å². The highest BCUT2D eigenvalue weighted by Gasteiger charge is 2.36. The normalized spacial score (nSPS) is 23.7. The summed E-state index contributed by atoms with van der Waals surface area (Å²) in [4.78, 5) is 7.27. The van der Waals surface area contributed by atoms with Gasteiger partial charge in [-0.3, -0.25) is 4.90 Å².